The Labute approximate surface area is 92.8 Å². The van der Waals surface area contributed by atoms with Gasteiger partial charge in [-0.25, -0.2) is 0 Å². The quantitative estimate of drug-likeness (QED) is 0.405. The van der Waals surface area contributed by atoms with E-state index in [4.69, 9.17) is 0 Å². The average molecular weight is 207 g/mol. The van der Waals surface area contributed by atoms with Crippen LogP contribution in [0.2, 0.25) is 0 Å². The van der Waals surface area contributed by atoms with Crippen LogP contribution >= 0.6 is 0 Å². The highest BCUT2D eigenvalue weighted by Crippen LogP contribution is 1.93. The molecule has 0 aromatic rings. The van der Waals surface area contributed by atoms with E-state index in [9.17, 15) is 4.79 Å². The summed E-state index contributed by atoms with van der Waals surface area (Å²) in [5.41, 5.74) is 0. The minimum absolute atomic E-state index is 0.0116. The van der Waals surface area contributed by atoms with Crippen LogP contribution in [0.4, 0.5) is 0 Å². The standard InChI is InChI=1S/C13H21NO/c1-4-5-6-7-8-9-10-11-13(15)14-12(2)3/h4-7,10-12H,8-9H2,1-3H3,(H,14,15)/b5-4+,7-6-,11-10+. The van der Waals surface area contributed by atoms with E-state index < -0.39 is 0 Å². The molecule has 0 saturated heterocycles. The smallest absolute Gasteiger partial charge is 0.243 e. The maximum absolute atomic E-state index is 11.2. The minimum atomic E-state index is -0.0116. The number of carbonyl (C=O) groups excluding carboxylic acids is 1. The highest BCUT2D eigenvalue weighted by molar-refractivity contribution is 5.87. The lowest BCUT2D eigenvalue weighted by molar-refractivity contribution is -0.116. The normalized spacial score (nSPS) is 12.3. The Morgan fingerprint density at radius 2 is 1.87 bits per heavy atom. The highest BCUT2D eigenvalue weighted by atomic mass is 16.1. The molecule has 0 aromatic heterocycles. The van der Waals surface area contributed by atoms with Crippen LogP contribution in [0.15, 0.2) is 36.5 Å². The number of amides is 1. The van der Waals surface area contributed by atoms with E-state index in [1.165, 1.54) is 0 Å². The van der Waals surface area contributed by atoms with E-state index in [-0.39, 0.29) is 11.9 Å². The predicted octanol–water partition coefficient (Wildman–Crippen LogP) is 2.98. The lowest BCUT2D eigenvalue weighted by Gasteiger charge is -2.03. The second kappa shape index (κ2) is 9.25. The summed E-state index contributed by atoms with van der Waals surface area (Å²) >= 11 is 0. The summed E-state index contributed by atoms with van der Waals surface area (Å²) in [6.07, 6.45) is 13.5. The summed E-state index contributed by atoms with van der Waals surface area (Å²) in [6, 6.07) is 0.205. The molecule has 0 bridgehead atoms. The van der Waals surface area contributed by atoms with Crippen LogP contribution in [0.5, 0.6) is 0 Å². The van der Waals surface area contributed by atoms with Gasteiger partial charge in [0, 0.05) is 6.04 Å². The molecule has 2 nitrogen and oxygen atoms in total. The van der Waals surface area contributed by atoms with Gasteiger partial charge < -0.3 is 5.32 Å². The maximum Gasteiger partial charge on any atom is 0.243 e. The van der Waals surface area contributed by atoms with Crippen LogP contribution in [0, 0.1) is 0 Å². The molecule has 0 rings (SSSR count). The Hall–Kier alpha value is -1.31. The average Bonchev–Trinajstić information content (AvgIpc) is 2.15. The van der Waals surface area contributed by atoms with Crippen molar-refractivity contribution >= 4 is 5.91 Å². The maximum atomic E-state index is 11.2. The molecule has 0 aliphatic rings. The van der Waals surface area contributed by atoms with Crippen molar-refractivity contribution in [1.82, 2.24) is 5.32 Å². The van der Waals surface area contributed by atoms with Gasteiger partial charge in [0.25, 0.3) is 0 Å². The second-order valence-corrected chi connectivity index (χ2v) is 3.60. The largest absolute Gasteiger partial charge is 0.350 e. The summed E-state index contributed by atoms with van der Waals surface area (Å²) in [5.74, 6) is -0.0116. The van der Waals surface area contributed by atoms with E-state index in [0.717, 1.165) is 12.8 Å². The van der Waals surface area contributed by atoms with Crippen molar-refractivity contribution < 1.29 is 4.79 Å². The lowest BCUT2D eigenvalue weighted by atomic mass is 10.2. The van der Waals surface area contributed by atoms with E-state index >= 15 is 0 Å². The Morgan fingerprint density at radius 3 is 2.47 bits per heavy atom. The van der Waals surface area contributed by atoms with Crippen molar-refractivity contribution in [2.75, 3.05) is 0 Å². The monoisotopic (exact) mass is 207 g/mol. The molecular weight excluding hydrogens is 186 g/mol. The van der Waals surface area contributed by atoms with Crippen molar-refractivity contribution in [1.29, 1.82) is 0 Å². The van der Waals surface area contributed by atoms with Crippen molar-refractivity contribution in [3.63, 3.8) is 0 Å². The topological polar surface area (TPSA) is 29.1 Å². The molecule has 1 N–H and O–H groups in total. The SMILES string of the molecule is C/C=C/C=C\CC/C=C/C(=O)NC(C)C. The van der Waals surface area contributed by atoms with Crippen molar-refractivity contribution in [2.45, 2.75) is 39.7 Å². The van der Waals surface area contributed by atoms with Crippen molar-refractivity contribution in [3.05, 3.63) is 36.5 Å². The Kier molecular flexibility index (Phi) is 8.44. The molecular formula is C13H21NO. The molecule has 0 spiro atoms. The molecule has 0 fully saturated rings. The van der Waals surface area contributed by atoms with Gasteiger partial charge in [-0.2, -0.15) is 0 Å². The fourth-order valence-corrected chi connectivity index (χ4v) is 1.00. The fraction of sp³-hybridized carbons (Fsp3) is 0.462. The van der Waals surface area contributed by atoms with Gasteiger partial charge in [0.1, 0.15) is 0 Å². The Bertz CT molecular complexity index is 249. The van der Waals surface area contributed by atoms with Crippen LogP contribution in [-0.4, -0.2) is 11.9 Å². The van der Waals surface area contributed by atoms with Crippen molar-refractivity contribution in [3.8, 4) is 0 Å². The van der Waals surface area contributed by atoms with Gasteiger partial charge in [-0.1, -0.05) is 30.4 Å². The van der Waals surface area contributed by atoms with Gasteiger partial charge >= 0.3 is 0 Å². The number of nitrogens with one attached hydrogen (secondary N) is 1. The van der Waals surface area contributed by atoms with Crippen molar-refractivity contribution in [2.24, 2.45) is 0 Å². The molecule has 84 valence electrons. The first-order valence-electron chi connectivity index (χ1n) is 5.41. The summed E-state index contributed by atoms with van der Waals surface area (Å²) in [7, 11) is 0. The molecule has 0 aromatic carbocycles. The van der Waals surface area contributed by atoms with Gasteiger partial charge in [0.15, 0.2) is 0 Å². The van der Waals surface area contributed by atoms with Crippen LogP contribution in [0.3, 0.4) is 0 Å². The number of hydrogen-bond donors (Lipinski definition) is 1. The molecule has 0 aliphatic carbocycles. The van der Waals surface area contributed by atoms with Gasteiger partial charge in [0.2, 0.25) is 5.91 Å². The first kappa shape index (κ1) is 13.7. The third-order valence-corrected chi connectivity index (χ3v) is 1.64. The van der Waals surface area contributed by atoms with E-state index in [1.54, 1.807) is 6.08 Å². The van der Waals surface area contributed by atoms with E-state index in [1.807, 2.05) is 45.1 Å². The summed E-state index contributed by atoms with van der Waals surface area (Å²) in [6.45, 7) is 5.89. The van der Waals surface area contributed by atoms with Gasteiger partial charge in [0.05, 0.1) is 0 Å². The third kappa shape index (κ3) is 10.6. The lowest BCUT2D eigenvalue weighted by Crippen LogP contribution is -2.28. The summed E-state index contributed by atoms with van der Waals surface area (Å²) in [4.78, 5) is 11.2. The van der Waals surface area contributed by atoms with Gasteiger partial charge in [-0.3, -0.25) is 4.79 Å². The first-order valence-corrected chi connectivity index (χ1v) is 5.41. The van der Waals surface area contributed by atoms with Crippen LogP contribution in [-0.2, 0) is 4.79 Å². The number of unbranched alkanes of at least 4 members (excludes halogenated alkanes) is 1. The fourth-order valence-electron chi connectivity index (χ4n) is 1.00. The molecule has 2 heteroatoms. The molecule has 1 amide bonds. The molecule has 0 atom stereocenters. The zero-order valence-electron chi connectivity index (χ0n) is 9.86. The van der Waals surface area contributed by atoms with Crippen LogP contribution < -0.4 is 5.32 Å². The summed E-state index contributed by atoms with van der Waals surface area (Å²) in [5, 5.41) is 2.80. The number of carbonyl (C=O) groups is 1. The van der Waals surface area contributed by atoms with Gasteiger partial charge in [-0.15, -0.1) is 0 Å². The molecule has 0 aliphatic heterocycles. The van der Waals surface area contributed by atoms with Gasteiger partial charge in [-0.05, 0) is 39.7 Å². The van der Waals surface area contributed by atoms with Crippen LogP contribution in [0.1, 0.15) is 33.6 Å². The molecule has 0 radical (unpaired) electrons. The zero-order valence-corrected chi connectivity index (χ0v) is 9.86. The molecule has 0 saturated carbocycles. The number of rotatable bonds is 6. The number of hydrogen-bond acceptors (Lipinski definition) is 1. The Morgan fingerprint density at radius 1 is 1.20 bits per heavy atom. The first-order chi connectivity index (χ1) is 7.16. The van der Waals surface area contributed by atoms with Crippen LogP contribution in [0.25, 0.3) is 0 Å². The predicted molar refractivity (Wildman–Crippen MR) is 65.6 cm³/mol. The highest BCUT2D eigenvalue weighted by Gasteiger charge is 1.95. The third-order valence-electron chi connectivity index (χ3n) is 1.64. The Balaban J connectivity index is 3.58. The van der Waals surface area contributed by atoms with E-state index in [0.29, 0.717) is 0 Å². The molecule has 0 unspecified atom stereocenters. The second-order valence-electron chi connectivity index (χ2n) is 3.60. The molecule has 0 heterocycles. The summed E-state index contributed by atoms with van der Waals surface area (Å²) < 4.78 is 0. The van der Waals surface area contributed by atoms with E-state index in [2.05, 4.69) is 11.4 Å². The molecule has 15 heavy (non-hydrogen) atoms. The minimum Gasteiger partial charge on any atom is -0.350 e. The number of allylic oxidation sites excluding steroid dienone is 5. The zero-order chi connectivity index (χ0) is 11.5.